The average molecular weight is 346 g/mol. The van der Waals surface area contributed by atoms with Crippen molar-refractivity contribution in [3.05, 3.63) is 22.2 Å². The van der Waals surface area contributed by atoms with Crippen molar-refractivity contribution in [3.63, 3.8) is 0 Å². The zero-order valence-corrected chi connectivity index (χ0v) is 13.5. The van der Waals surface area contributed by atoms with Crippen LogP contribution in [0.4, 0.5) is 0 Å². The summed E-state index contributed by atoms with van der Waals surface area (Å²) in [5.74, 6) is 1.06. The number of nitrogens with two attached hydrogens (primary N) is 1. The molecule has 0 spiro atoms. The van der Waals surface area contributed by atoms with Gasteiger partial charge >= 0.3 is 5.97 Å². The van der Waals surface area contributed by atoms with E-state index in [1.54, 1.807) is 14.2 Å². The Kier molecular flexibility index (Phi) is 6.81. The largest absolute Gasteiger partial charge is 0.493 e. The number of esters is 1. The SMILES string of the molecule is COC(=O)CCCC(N)c1cc(OC)c(OC)cc1Br. The van der Waals surface area contributed by atoms with Gasteiger partial charge in [0.15, 0.2) is 11.5 Å². The van der Waals surface area contributed by atoms with Crippen molar-refractivity contribution in [2.75, 3.05) is 21.3 Å². The van der Waals surface area contributed by atoms with Crippen molar-refractivity contribution in [3.8, 4) is 11.5 Å². The minimum Gasteiger partial charge on any atom is -0.493 e. The summed E-state index contributed by atoms with van der Waals surface area (Å²) in [6.07, 6.45) is 1.73. The first-order chi connectivity index (χ1) is 9.53. The molecule has 0 saturated heterocycles. The lowest BCUT2D eigenvalue weighted by atomic mass is 10.0. The smallest absolute Gasteiger partial charge is 0.305 e. The summed E-state index contributed by atoms with van der Waals surface area (Å²) >= 11 is 3.48. The quantitative estimate of drug-likeness (QED) is 0.769. The van der Waals surface area contributed by atoms with Gasteiger partial charge in [-0.1, -0.05) is 15.9 Å². The maximum atomic E-state index is 11.1. The minimum absolute atomic E-state index is 0.186. The van der Waals surface area contributed by atoms with Crippen LogP contribution in [0.3, 0.4) is 0 Å². The van der Waals surface area contributed by atoms with E-state index in [1.807, 2.05) is 12.1 Å². The molecule has 1 aromatic carbocycles. The topological polar surface area (TPSA) is 70.8 Å². The molecule has 1 atom stereocenters. The van der Waals surface area contributed by atoms with Crippen LogP contribution >= 0.6 is 15.9 Å². The molecule has 1 aromatic rings. The van der Waals surface area contributed by atoms with Gasteiger partial charge in [-0.05, 0) is 30.5 Å². The van der Waals surface area contributed by atoms with E-state index in [0.717, 1.165) is 10.0 Å². The lowest BCUT2D eigenvalue weighted by Gasteiger charge is -2.17. The number of hydrogen-bond acceptors (Lipinski definition) is 5. The standard InChI is InChI=1S/C14H20BrNO4/c1-18-12-7-9(10(15)8-13(12)19-2)11(16)5-4-6-14(17)20-3/h7-8,11H,4-6,16H2,1-3H3. The van der Waals surface area contributed by atoms with Gasteiger partial charge in [0.05, 0.1) is 21.3 Å². The van der Waals surface area contributed by atoms with Gasteiger partial charge in [0, 0.05) is 16.9 Å². The van der Waals surface area contributed by atoms with Crippen LogP contribution in [0.25, 0.3) is 0 Å². The molecular weight excluding hydrogens is 326 g/mol. The number of benzene rings is 1. The summed E-state index contributed by atoms with van der Waals surface area (Å²) in [4.78, 5) is 11.1. The summed E-state index contributed by atoms with van der Waals surface area (Å²) in [7, 11) is 4.55. The van der Waals surface area contributed by atoms with Crippen LogP contribution in [0.5, 0.6) is 11.5 Å². The van der Waals surface area contributed by atoms with Crippen LogP contribution in [0.1, 0.15) is 30.9 Å². The van der Waals surface area contributed by atoms with Gasteiger partial charge in [0.25, 0.3) is 0 Å². The lowest BCUT2D eigenvalue weighted by molar-refractivity contribution is -0.140. The van der Waals surface area contributed by atoms with Gasteiger partial charge in [-0.15, -0.1) is 0 Å². The molecule has 0 aliphatic heterocycles. The fourth-order valence-electron chi connectivity index (χ4n) is 1.88. The molecule has 6 heteroatoms. The number of rotatable bonds is 7. The molecule has 0 aromatic heterocycles. The predicted octanol–water partition coefficient (Wildman–Crippen LogP) is 2.81. The molecule has 1 unspecified atom stereocenters. The zero-order valence-electron chi connectivity index (χ0n) is 11.9. The minimum atomic E-state index is -0.219. The molecule has 112 valence electrons. The molecule has 0 aliphatic carbocycles. The first kappa shape index (κ1) is 16.8. The summed E-state index contributed by atoms with van der Waals surface area (Å²) < 4.78 is 16.0. The van der Waals surface area contributed by atoms with Gasteiger partial charge in [0.1, 0.15) is 0 Å². The number of halogens is 1. The van der Waals surface area contributed by atoms with Gasteiger partial charge in [-0.3, -0.25) is 4.79 Å². The fraction of sp³-hybridized carbons (Fsp3) is 0.500. The van der Waals surface area contributed by atoms with Crippen LogP contribution < -0.4 is 15.2 Å². The number of methoxy groups -OCH3 is 3. The average Bonchev–Trinajstić information content (AvgIpc) is 2.46. The van der Waals surface area contributed by atoms with E-state index in [4.69, 9.17) is 15.2 Å². The molecule has 1 rings (SSSR count). The first-order valence-corrected chi connectivity index (χ1v) is 7.06. The van der Waals surface area contributed by atoms with Crippen molar-refractivity contribution < 1.29 is 19.0 Å². The molecule has 0 amide bonds. The number of carbonyl (C=O) groups is 1. The number of carbonyl (C=O) groups excluding carboxylic acids is 1. The Bertz CT molecular complexity index is 465. The Balaban J connectivity index is 2.77. The van der Waals surface area contributed by atoms with Crippen molar-refractivity contribution in [2.45, 2.75) is 25.3 Å². The van der Waals surface area contributed by atoms with Crippen molar-refractivity contribution in [1.82, 2.24) is 0 Å². The first-order valence-electron chi connectivity index (χ1n) is 6.27. The Labute approximate surface area is 127 Å². The molecule has 0 saturated carbocycles. The monoisotopic (exact) mass is 345 g/mol. The zero-order chi connectivity index (χ0) is 15.1. The Hall–Kier alpha value is -1.27. The van der Waals surface area contributed by atoms with Crippen LogP contribution in [-0.2, 0) is 9.53 Å². The van der Waals surface area contributed by atoms with Crippen LogP contribution in [0.15, 0.2) is 16.6 Å². The fourth-order valence-corrected chi connectivity index (χ4v) is 2.49. The molecule has 2 N–H and O–H groups in total. The molecule has 5 nitrogen and oxygen atoms in total. The molecule has 0 bridgehead atoms. The number of ether oxygens (including phenoxy) is 3. The molecule has 20 heavy (non-hydrogen) atoms. The van der Waals surface area contributed by atoms with E-state index in [2.05, 4.69) is 20.7 Å². The third-order valence-corrected chi connectivity index (χ3v) is 3.71. The molecule has 0 heterocycles. The normalized spacial score (nSPS) is 11.8. The van der Waals surface area contributed by atoms with Crippen molar-refractivity contribution in [2.24, 2.45) is 5.73 Å². The second-order valence-corrected chi connectivity index (χ2v) is 5.16. The summed E-state index contributed by atoms with van der Waals surface area (Å²) in [6.45, 7) is 0. The maximum Gasteiger partial charge on any atom is 0.305 e. The molecular formula is C14H20BrNO4. The highest BCUT2D eigenvalue weighted by Crippen LogP contribution is 2.36. The molecule has 0 aliphatic rings. The lowest BCUT2D eigenvalue weighted by Crippen LogP contribution is -2.12. The Morgan fingerprint density at radius 3 is 2.40 bits per heavy atom. The van der Waals surface area contributed by atoms with Crippen LogP contribution in [0.2, 0.25) is 0 Å². The Morgan fingerprint density at radius 1 is 1.25 bits per heavy atom. The predicted molar refractivity (Wildman–Crippen MR) is 80.0 cm³/mol. The third-order valence-electron chi connectivity index (χ3n) is 3.03. The van der Waals surface area contributed by atoms with Crippen LogP contribution in [0, 0.1) is 0 Å². The highest BCUT2D eigenvalue weighted by molar-refractivity contribution is 9.10. The third kappa shape index (κ3) is 4.38. The number of hydrogen-bond donors (Lipinski definition) is 1. The van der Waals surface area contributed by atoms with Crippen LogP contribution in [-0.4, -0.2) is 27.3 Å². The van der Waals surface area contributed by atoms with Gasteiger partial charge in [-0.25, -0.2) is 0 Å². The van der Waals surface area contributed by atoms with Gasteiger partial charge in [-0.2, -0.15) is 0 Å². The highest BCUT2D eigenvalue weighted by atomic mass is 79.9. The molecule has 0 fully saturated rings. The van der Waals surface area contributed by atoms with E-state index >= 15 is 0 Å². The van der Waals surface area contributed by atoms with Crippen molar-refractivity contribution in [1.29, 1.82) is 0 Å². The van der Waals surface area contributed by atoms with Crippen molar-refractivity contribution >= 4 is 21.9 Å². The Morgan fingerprint density at radius 2 is 1.85 bits per heavy atom. The maximum absolute atomic E-state index is 11.1. The van der Waals surface area contributed by atoms with E-state index in [9.17, 15) is 4.79 Å². The van der Waals surface area contributed by atoms with E-state index in [0.29, 0.717) is 30.8 Å². The van der Waals surface area contributed by atoms with Gasteiger partial charge in [0.2, 0.25) is 0 Å². The second kappa shape index (κ2) is 8.11. The summed E-state index contributed by atoms with van der Waals surface area (Å²) in [6, 6.07) is 3.49. The van der Waals surface area contributed by atoms with E-state index in [1.165, 1.54) is 7.11 Å². The highest BCUT2D eigenvalue weighted by Gasteiger charge is 2.15. The van der Waals surface area contributed by atoms with Gasteiger partial charge < -0.3 is 19.9 Å². The van der Waals surface area contributed by atoms with E-state index < -0.39 is 0 Å². The van der Waals surface area contributed by atoms with E-state index in [-0.39, 0.29) is 12.0 Å². The molecule has 0 radical (unpaired) electrons. The summed E-state index contributed by atoms with van der Waals surface area (Å²) in [5, 5.41) is 0. The summed E-state index contributed by atoms with van der Waals surface area (Å²) in [5.41, 5.74) is 7.08. The second-order valence-electron chi connectivity index (χ2n) is 4.30.